The summed E-state index contributed by atoms with van der Waals surface area (Å²) in [5, 5.41) is 28.2. The maximum atomic E-state index is 13.2. The number of nitrogens with two attached hydrogens (primary N) is 1. The third-order valence-corrected chi connectivity index (χ3v) is 10.9. The van der Waals surface area contributed by atoms with Gasteiger partial charge in [-0.2, -0.15) is 0 Å². The lowest BCUT2D eigenvalue weighted by Gasteiger charge is -2.50. The van der Waals surface area contributed by atoms with Crippen LogP contribution in [0.15, 0.2) is 51.0 Å². The smallest absolute Gasteiger partial charge is 0.410 e. The van der Waals surface area contributed by atoms with Crippen LogP contribution >= 0.6 is 0 Å². The minimum atomic E-state index is -2.89. The van der Waals surface area contributed by atoms with E-state index in [0.29, 0.717) is 5.56 Å². The van der Waals surface area contributed by atoms with Gasteiger partial charge >= 0.3 is 12.1 Å². The minimum absolute atomic E-state index is 0.0778. The Morgan fingerprint density at radius 3 is 2.03 bits per heavy atom. The number of ether oxygens (including phenoxy) is 1. The molecule has 4 N–H and O–H groups in total. The van der Waals surface area contributed by atoms with Crippen LogP contribution in [0.2, 0.25) is 18.1 Å². The summed E-state index contributed by atoms with van der Waals surface area (Å²) in [6, 6.07) is 8.82. The van der Waals surface area contributed by atoms with Crippen molar-refractivity contribution in [2.75, 3.05) is 0 Å². The Labute approximate surface area is 218 Å². The fraction of sp³-hybridized carbons (Fsp3) is 0.625. The van der Waals surface area contributed by atoms with Crippen LogP contribution in [0.25, 0.3) is 0 Å². The van der Waals surface area contributed by atoms with Crippen LogP contribution in [-0.4, -0.2) is 48.4 Å². The monoisotopic (exact) mass is 534 g/mol. The van der Waals surface area contributed by atoms with Gasteiger partial charge in [-0.15, -0.1) is 10.2 Å². The molecular weight excluding hydrogens is 496 g/mol. The summed E-state index contributed by atoms with van der Waals surface area (Å²) in [6.45, 7) is 14.6. The van der Waals surface area contributed by atoms with Crippen molar-refractivity contribution in [3.8, 4) is 0 Å². The molecule has 12 nitrogen and oxygen atoms in total. The molecule has 0 fully saturated rings. The van der Waals surface area contributed by atoms with E-state index in [1.807, 2.05) is 33.9 Å². The minimum Gasteiger partial charge on any atom is -0.481 e. The Balaban J connectivity index is 2.83. The third-order valence-electron chi connectivity index (χ3n) is 6.46. The van der Waals surface area contributed by atoms with E-state index in [1.54, 1.807) is 51.1 Å². The van der Waals surface area contributed by atoms with Gasteiger partial charge in [-0.1, -0.05) is 51.1 Å². The van der Waals surface area contributed by atoms with Crippen molar-refractivity contribution >= 4 is 26.3 Å². The number of carboxylic acids is 1. The summed E-state index contributed by atoms with van der Waals surface area (Å²) in [4.78, 5) is 38.5. The number of hydrogen-bond donors (Lipinski definition) is 3. The Bertz CT molecular complexity index is 1050. The zero-order valence-electron chi connectivity index (χ0n) is 22.7. The van der Waals surface area contributed by atoms with Gasteiger partial charge in [-0.3, -0.25) is 14.9 Å². The Morgan fingerprint density at radius 2 is 1.59 bits per heavy atom. The summed E-state index contributed by atoms with van der Waals surface area (Å²) in [5.74, 6) is -3.64. The van der Waals surface area contributed by atoms with Gasteiger partial charge in [0.1, 0.15) is 11.5 Å². The molecule has 1 aliphatic rings. The zero-order valence-corrected chi connectivity index (χ0v) is 23.7. The van der Waals surface area contributed by atoms with E-state index in [9.17, 15) is 19.5 Å². The lowest BCUT2D eigenvalue weighted by atomic mass is 9.78. The van der Waals surface area contributed by atoms with Gasteiger partial charge < -0.3 is 20.0 Å². The van der Waals surface area contributed by atoms with Crippen LogP contribution in [0.1, 0.15) is 53.5 Å². The molecule has 13 heteroatoms. The van der Waals surface area contributed by atoms with Crippen LogP contribution in [0, 0.1) is 5.92 Å². The largest absolute Gasteiger partial charge is 0.481 e. The number of amides is 2. The molecule has 0 radical (unpaired) electrons. The molecule has 2 atom stereocenters. The fourth-order valence-corrected chi connectivity index (χ4v) is 5.19. The maximum absolute atomic E-state index is 13.2. The summed E-state index contributed by atoms with van der Waals surface area (Å²) in [5.41, 5.74) is 1.07. The number of benzene rings is 1. The lowest BCUT2D eigenvalue weighted by molar-refractivity contribution is -0.154. The first-order valence-corrected chi connectivity index (χ1v) is 14.9. The number of nitrogens with zero attached hydrogens (tertiary/aromatic N) is 4. The number of aliphatic carboxylic acids is 1. The van der Waals surface area contributed by atoms with Gasteiger partial charge in [0.25, 0.3) is 5.66 Å². The van der Waals surface area contributed by atoms with E-state index in [4.69, 9.17) is 14.9 Å². The van der Waals surface area contributed by atoms with Crippen molar-refractivity contribution in [2.45, 2.75) is 89.5 Å². The highest BCUT2D eigenvalue weighted by Crippen LogP contribution is 2.48. The van der Waals surface area contributed by atoms with Crippen LogP contribution in [0.4, 0.5) is 4.79 Å². The summed E-state index contributed by atoms with van der Waals surface area (Å²) >= 11 is 0. The van der Waals surface area contributed by atoms with Gasteiger partial charge in [-0.05, 0) is 61.3 Å². The summed E-state index contributed by atoms with van der Waals surface area (Å²) in [6.07, 6.45) is -1.70. The highest BCUT2D eigenvalue weighted by Gasteiger charge is 2.66. The van der Waals surface area contributed by atoms with Gasteiger partial charge in [0.05, 0.1) is 6.42 Å². The topological polar surface area (TPSA) is 177 Å². The number of primary amides is 1. The summed E-state index contributed by atoms with van der Waals surface area (Å²) < 4.78 is 12.2. The van der Waals surface area contributed by atoms with E-state index in [-0.39, 0.29) is 6.42 Å². The number of alkyl carbamates (subject to hydrolysis) is 1. The maximum Gasteiger partial charge on any atom is 0.410 e. The first-order valence-electron chi connectivity index (χ1n) is 11.9. The molecule has 2 amide bonds. The van der Waals surface area contributed by atoms with Crippen LogP contribution in [0.5, 0.6) is 0 Å². The average Bonchev–Trinajstić information content (AvgIpc) is 3.20. The standard InChI is InChI=1S/C24H38N6O6Si/c1-21(2,3)35-20(34)26-23(15-18(25)31,36-37(7,8)22(4,5)6)24(27-29-30-28-24)17(19(32)33)14-16-12-10-9-11-13-16/h9-13,17H,14-15H2,1-8H3,(H2,25,31)(H,26,34)(H,32,33). The van der Waals surface area contributed by atoms with Crippen molar-refractivity contribution < 1.29 is 28.7 Å². The molecule has 1 aromatic carbocycles. The zero-order chi connectivity index (χ0) is 28.3. The molecule has 0 aromatic heterocycles. The summed E-state index contributed by atoms with van der Waals surface area (Å²) in [7, 11) is -2.89. The highest BCUT2D eigenvalue weighted by molar-refractivity contribution is 6.74. The predicted molar refractivity (Wildman–Crippen MR) is 138 cm³/mol. The first-order chi connectivity index (χ1) is 16.8. The Hall–Kier alpha value is -3.19. The molecule has 204 valence electrons. The predicted octanol–water partition coefficient (Wildman–Crippen LogP) is 4.58. The molecule has 1 aliphatic heterocycles. The van der Waals surface area contributed by atoms with Crippen molar-refractivity contribution in [3.05, 3.63) is 35.9 Å². The Morgan fingerprint density at radius 1 is 1.05 bits per heavy atom. The van der Waals surface area contributed by atoms with E-state index in [2.05, 4.69) is 26.0 Å². The molecule has 0 saturated carbocycles. The van der Waals surface area contributed by atoms with Gasteiger partial charge in [0.2, 0.25) is 5.91 Å². The van der Waals surface area contributed by atoms with E-state index < -0.39 is 60.7 Å². The van der Waals surface area contributed by atoms with Gasteiger partial charge in [0.15, 0.2) is 14.0 Å². The number of carbonyl (C=O) groups is 3. The van der Waals surface area contributed by atoms with Crippen molar-refractivity contribution in [1.82, 2.24) is 5.32 Å². The number of hydrogen-bond acceptors (Lipinski definition) is 9. The molecule has 0 saturated heterocycles. The van der Waals surface area contributed by atoms with Crippen LogP contribution in [0.3, 0.4) is 0 Å². The van der Waals surface area contributed by atoms with Crippen LogP contribution in [-0.2, 0) is 25.2 Å². The Kier molecular flexibility index (Phi) is 8.65. The van der Waals surface area contributed by atoms with Gasteiger partial charge in [-0.25, -0.2) is 4.79 Å². The number of rotatable bonds is 10. The normalized spacial score (nSPS) is 17.6. The fourth-order valence-electron chi connectivity index (χ4n) is 3.74. The average molecular weight is 535 g/mol. The SMILES string of the molecule is CC(C)(C)OC(=O)NC(CC(N)=O)(O[Si](C)(C)C(C)(C)C)C1(C(Cc2ccccc2)C(=O)O)N=NN=N1. The third kappa shape index (κ3) is 6.98. The first kappa shape index (κ1) is 30.0. The lowest BCUT2D eigenvalue weighted by Crippen LogP contribution is -2.72. The second kappa shape index (κ2) is 10.7. The second-order valence-corrected chi connectivity index (χ2v) is 16.4. The molecule has 2 unspecified atom stereocenters. The molecular formula is C24H38N6O6Si. The van der Waals surface area contributed by atoms with Gasteiger partial charge in [0, 0.05) is 0 Å². The molecule has 0 aliphatic carbocycles. The quantitative estimate of drug-likeness (QED) is 0.292. The molecule has 1 heterocycles. The number of carbonyl (C=O) groups excluding carboxylic acids is 2. The molecule has 37 heavy (non-hydrogen) atoms. The van der Waals surface area contributed by atoms with Crippen molar-refractivity contribution in [2.24, 2.45) is 32.3 Å². The van der Waals surface area contributed by atoms with E-state index in [1.165, 1.54) is 0 Å². The van der Waals surface area contributed by atoms with E-state index >= 15 is 0 Å². The van der Waals surface area contributed by atoms with E-state index in [0.717, 1.165) is 0 Å². The molecule has 0 bridgehead atoms. The molecule has 1 aromatic rings. The van der Waals surface area contributed by atoms with Crippen LogP contribution < -0.4 is 11.1 Å². The van der Waals surface area contributed by atoms with Crippen molar-refractivity contribution in [1.29, 1.82) is 0 Å². The number of carboxylic acid groups (broad SMARTS) is 1. The van der Waals surface area contributed by atoms with Crippen molar-refractivity contribution in [3.63, 3.8) is 0 Å². The molecule has 2 rings (SSSR count). The molecule has 0 spiro atoms. The number of nitrogens with one attached hydrogen (secondary N) is 1. The second-order valence-electron chi connectivity index (χ2n) is 11.6. The highest BCUT2D eigenvalue weighted by atomic mass is 28.4.